The number of anilines is 2. The lowest BCUT2D eigenvalue weighted by atomic mass is 10.1. The molecule has 166 valence electrons. The maximum atomic E-state index is 12.7. The van der Waals surface area contributed by atoms with Crippen LogP contribution in [0.25, 0.3) is 0 Å². The lowest BCUT2D eigenvalue weighted by molar-refractivity contribution is -0.143. The van der Waals surface area contributed by atoms with Crippen LogP contribution in [0.4, 0.5) is 11.4 Å². The molecule has 0 aliphatic carbocycles. The summed E-state index contributed by atoms with van der Waals surface area (Å²) in [5, 5.41) is 2.69. The van der Waals surface area contributed by atoms with Crippen molar-refractivity contribution in [2.75, 3.05) is 49.6 Å². The number of hydrogen-bond donors (Lipinski definition) is 1. The molecular formula is C24H31N3O4. The molecule has 7 nitrogen and oxygen atoms in total. The van der Waals surface area contributed by atoms with E-state index in [2.05, 4.69) is 42.3 Å². The van der Waals surface area contributed by atoms with Crippen molar-refractivity contribution < 1.29 is 19.1 Å². The molecule has 1 saturated heterocycles. The van der Waals surface area contributed by atoms with E-state index in [1.165, 1.54) is 16.8 Å². The van der Waals surface area contributed by atoms with Gasteiger partial charge in [-0.3, -0.25) is 9.59 Å². The van der Waals surface area contributed by atoms with Gasteiger partial charge in [-0.1, -0.05) is 12.1 Å². The number of carbonyl (C=O) groups excluding carboxylic acids is 2. The summed E-state index contributed by atoms with van der Waals surface area (Å²) in [6, 6.07) is 11.4. The fourth-order valence-electron chi connectivity index (χ4n) is 3.69. The Morgan fingerprint density at radius 3 is 2.29 bits per heavy atom. The Labute approximate surface area is 183 Å². The summed E-state index contributed by atoms with van der Waals surface area (Å²) < 4.78 is 11.1. The van der Waals surface area contributed by atoms with Gasteiger partial charge in [0.2, 0.25) is 0 Å². The predicted octanol–water partition coefficient (Wildman–Crippen LogP) is 3.39. The molecule has 1 N–H and O–H groups in total. The van der Waals surface area contributed by atoms with Gasteiger partial charge in [-0.05, 0) is 57.0 Å². The van der Waals surface area contributed by atoms with Crippen molar-refractivity contribution in [2.24, 2.45) is 0 Å². The van der Waals surface area contributed by atoms with Crippen molar-refractivity contribution in [2.45, 2.75) is 27.7 Å². The molecule has 1 heterocycles. The number of amides is 2. The summed E-state index contributed by atoms with van der Waals surface area (Å²) in [5.74, 6) is -0.0211. The van der Waals surface area contributed by atoms with Crippen LogP contribution in [0.2, 0.25) is 0 Å². The average Bonchev–Trinajstić information content (AvgIpc) is 2.77. The number of ether oxygens (including phenoxy) is 2. The molecule has 2 amide bonds. The molecule has 0 radical (unpaired) electrons. The van der Waals surface area contributed by atoms with Gasteiger partial charge in [-0.15, -0.1) is 0 Å². The molecular weight excluding hydrogens is 394 g/mol. The van der Waals surface area contributed by atoms with Gasteiger partial charge < -0.3 is 24.6 Å². The van der Waals surface area contributed by atoms with E-state index in [-0.39, 0.29) is 0 Å². The molecule has 3 rings (SSSR count). The summed E-state index contributed by atoms with van der Waals surface area (Å²) in [6.07, 6.45) is 0. The summed E-state index contributed by atoms with van der Waals surface area (Å²) in [4.78, 5) is 29.1. The third kappa shape index (κ3) is 5.29. The highest BCUT2D eigenvalue weighted by Crippen LogP contribution is 2.30. The van der Waals surface area contributed by atoms with Gasteiger partial charge in [-0.25, -0.2) is 0 Å². The molecule has 0 aromatic heterocycles. The van der Waals surface area contributed by atoms with Gasteiger partial charge in [0.1, 0.15) is 0 Å². The standard InChI is InChI=1S/C24H31N3O4/c1-5-30-21-11-10-19(16-22(21)31-6-2)25-23(28)24(29)27-14-12-26(13-15-27)20-9-7-8-17(3)18(20)4/h7-11,16H,5-6,12-15H2,1-4H3,(H,25,28). The quantitative estimate of drug-likeness (QED) is 0.719. The van der Waals surface area contributed by atoms with Gasteiger partial charge >= 0.3 is 11.8 Å². The fraction of sp³-hybridized carbons (Fsp3) is 0.417. The topological polar surface area (TPSA) is 71.1 Å². The lowest BCUT2D eigenvalue weighted by Gasteiger charge is -2.36. The minimum absolute atomic E-state index is 0.473. The fourth-order valence-corrected chi connectivity index (χ4v) is 3.69. The van der Waals surface area contributed by atoms with Crippen molar-refractivity contribution in [3.05, 3.63) is 47.5 Å². The third-order valence-corrected chi connectivity index (χ3v) is 5.48. The van der Waals surface area contributed by atoms with Crippen LogP contribution in [-0.2, 0) is 9.59 Å². The van der Waals surface area contributed by atoms with Gasteiger partial charge in [-0.2, -0.15) is 0 Å². The van der Waals surface area contributed by atoms with Crippen LogP contribution in [0.15, 0.2) is 36.4 Å². The number of aryl methyl sites for hydroxylation is 1. The number of nitrogens with one attached hydrogen (secondary N) is 1. The highest BCUT2D eigenvalue weighted by atomic mass is 16.5. The first-order valence-electron chi connectivity index (χ1n) is 10.8. The van der Waals surface area contributed by atoms with Crippen molar-refractivity contribution in [1.29, 1.82) is 0 Å². The van der Waals surface area contributed by atoms with E-state index in [0.717, 1.165) is 0 Å². The van der Waals surface area contributed by atoms with Crippen LogP contribution >= 0.6 is 0 Å². The van der Waals surface area contributed by atoms with Crippen LogP contribution in [0.1, 0.15) is 25.0 Å². The predicted molar refractivity (Wildman–Crippen MR) is 122 cm³/mol. The molecule has 1 fully saturated rings. The average molecular weight is 426 g/mol. The molecule has 31 heavy (non-hydrogen) atoms. The Balaban J connectivity index is 1.60. The van der Waals surface area contributed by atoms with E-state index in [0.29, 0.717) is 56.6 Å². The molecule has 1 aliphatic heterocycles. The minimum atomic E-state index is -0.646. The van der Waals surface area contributed by atoms with E-state index >= 15 is 0 Å². The molecule has 7 heteroatoms. The van der Waals surface area contributed by atoms with Crippen molar-refractivity contribution in [3.8, 4) is 11.5 Å². The highest BCUT2D eigenvalue weighted by molar-refractivity contribution is 6.39. The second kappa shape index (κ2) is 10.2. The first kappa shape index (κ1) is 22.5. The number of nitrogens with zero attached hydrogens (tertiary/aromatic N) is 2. The molecule has 0 atom stereocenters. The van der Waals surface area contributed by atoms with E-state index in [9.17, 15) is 9.59 Å². The van der Waals surface area contributed by atoms with E-state index in [1.54, 1.807) is 23.1 Å². The monoisotopic (exact) mass is 425 g/mol. The van der Waals surface area contributed by atoms with Gasteiger partial charge in [0.25, 0.3) is 0 Å². The van der Waals surface area contributed by atoms with Crippen LogP contribution in [-0.4, -0.2) is 56.1 Å². The Morgan fingerprint density at radius 2 is 1.61 bits per heavy atom. The zero-order valence-electron chi connectivity index (χ0n) is 18.7. The normalized spacial score (nSPS) is 13.7. The summed E-state index contributed by atoms with van der Waals surface area (Å²) in [5.41, 5.74) is 4.19. The van der Waals surface area contributed by atoms with Crippen molar-refractivity contribution in [3.63, 3.8) is 0 Å². The second-order valence-electron chi connectivity index (χ2n) is 7.48. The Morgan fingerprint density at radius 1 is 0.935 bits per heavy atom. The van der Waals surface area contributed by atoms with Crippen LogP contribution in [0.5, 0.6) is 11.5 Å². The number of piperazine rings is 1. The van der Waals surface area contributed by atoms with E-state index in [4.69, 9.17) is 9.47 Å². The zero-order valence-corrected chi connectivity index (χ0v) is 18.7. The molecule has 0 bridgehead atoms. The summed E-state index contributed by atoms with van der Waals surface area (Å²) >= 11 is 0. The number of benzene rings is 2. The van der Waals surface area contributed by atoms with Gasteiger partial charge in [0, 0.05) is 43.6 Å². The van der Waals surface area contributed by atoms with Crippen molar-refractivity contribution in [1.82, 2.24) is 4.90 Å². The first-order valence-corrected chi connectivity index (χ1v) is 10.8. The first-order chi connectivity index (χ1) is 14.9. The number of hydrogen-bond acceptors (Lipinski definition) is 5. The zero-order chi connectivity index (χ0) is 22.4. The maximum Gasteiger partial charge on any atom is 0.313 e. The van der Waals surface area contributed by atoms with E-state index < -0.39 is 11.8 Å². The lowest BCUT2D eigenvalue weighted by Crippen LogP contribution is -2.51. The van der Waals surface area contributed by atoms with Gasteiger partial charge in [0.15, 0.2) is 11.5 Å². The van der Waals surface area contributed by atoms with Crippen LogP contribution in [0, 0.1) is 13.8 Å². The Hall–Kier alpha value is -3.22. The maximum absolute atomic E-state index is 12.7. The molecule has 1 aliphatic rings. The highest BCUT2D eigenvalue weighted by Gasteiger charge is 2.27. The second-order valence-corrected chi connectivity index (χ2v) is 7.48. The van der Waals surface area contributed by atoms with Crippen LogP contribution in [0.3, 0.4) is 0 Å². The van der Waals surface area contributed by atoms with Crippen LogP contribution < -0.4 is 19.7 Å². The number of rotatable bonds is 6. The largest absolute Gasteiger partial charge is 0.490 e. The number of carbonyl (C=O) groups is 2. The SMILES string of the molecule is CCOc1ccc(NC(=O)C(=O)N2CCN(c3cccc(C)c3C)CC2)cc1OCC. The smallest absolute Gasteiger partial charge is 0.313 e. The van der Waals surface area contributed by atoms with Gasteiger partial charge in [0.05, 0.1) is 13.2 Å². The molecule has 2 aromatic carbocycles. The summed E-state index contributed by atoms with van der Waals surface area (Å²) in [7, 11) is 0. The molecule has 0 spiro atoms. The summed E-state index contributed by atoms with van der Waals surface area (Å²) in [6.45, 7) is 11.4. The molecule has 0 saturated carbocycles. The van der Waals surface area contributed by atoms with Crippen molar-refractivity contribution >= 4 is 23.2 Å². The Bertz CT molecular complexity index is 936. The molecule has 2 aromatic rings. The molecule has 0 unspecified atom stereocenters. The third-order valence-electron chi connectivity index (χ3n) is 5.48. The Kier molecular flexibility index (Phi) is 7.39. The van der Waals surface area contributed by atoms with E-state index in [1.807, 2.05) is 13.8 Å². The minimum Gasteiger partial charge on any atom is -0.490 e.